The number of pyridine rings is 1. The number of halogens is 1. The summed E-state index contributed by atoms with van der Waals surface area (Å²) in [5.74, 6) is 0.875. The second-order valence-electron chi connectivity index (χ2n) is 6.45. The van der Waals surface area contributed by atoms with Gasteiger partial charge < -0.3 is 19.5 Å². The molecule has 0 atom stereocenters. The fourth-order valence-electron chi connectivity index (χ4n) is 3.29. The van der Waals surface area contributed by atoms with Gasteiger partial charge >= 0.3 is 0 Å². The van der Waals surface area contributed by atoms with Gasteiger partial charge in [0.1, 0.15) is 22.9 Å². The van der Waals surface area contributed by atoms with Crippen molar-refractivity contribution in [2.75, 3.05) is 24.6 Å². The lowest BCUT2D eigenvalue weighted by atomic mass is 9.98. The van der Waals surface area contributed by atoms with E-state index in [9.17, 15) is 14.6 Å². The predicted octanol–water partition coefficient (Wildman–Crippen LogP) is 3.55. The molecule has 0 unspecified atom stereocenters. The van der Waals surface area contributed by atoms with Crippen LogP contribution in [0.5, 0.6) is 5.75 Å². The molecule has 5 nitrogen and oxygen atoms in total. The van der Waals surface area contributed by atoms with E-state index in [-0.39, 0.29) is 12.4 Å². The molecule has 2 N–H and O–H groups in total. The van der Waals surface area contributed by atoms with E-state index in [0.29, 0.717) is 34.0 Å². The first kappa shape index (κ1) is 15.9. The monoisotopic (exact) mass is 342 g/mol. The number of rotatable bonds is 3. The van der Waals surface area contributed by atoms with Gasteiger partial charge in [-0.3, -0.25) is 0 Å². The van der Waals surface area contributed by atoms with Crippen LogP contribution in [0.4, 0.5) is 10.2 Å². The number of phenols is 1. The fourth-order valence-corrected chi connectivity index (χ4v) is 3.29. The SMILES string of the molecule is OCC1CCN(c2ccc(-c3cc4cc(O)ccc4o3)c(F)n2)CC1. The quantitative estimate of drug-likeness (QED) is 0.713. The predicted molar refractivity (Wildman–Crippen MR) is 93.1 cm³/mol. The summed E-state index contributed by atoms with van der Waals surface area (Å²) >= 11 is 0. The molecule has 1 saturated heterocycles. The number of phenolic OH excluding ortho intramolecular Hbond substituents is 1. The highest BCUT2D eigenvalue weighted by molar-refractivity contribution is 5.84. The number of hydrogen-bond acceptors (Lipinski definition) is 5. The molecule has 25 heavy (non-hydrogen) atoms. The van der Waals surface area contributed by atoms with Gasteiger partial charge in [-0.25, -0.2) is 4.98 Å². The number of aromatic hydroxyl groups is 1. The lowest BCUT2D eigenvalue weighted by molar-refractivity contribution is 0.202. The molecular formula is C19H19FN2O3. The molecule has 3 aromatic rings. The summed E-state index contributed by atoms with van der Waals surface area (Å²) in [6, 6.07) is 9.92. The van der Waals surface area contributed by atoms with Gasteiger partial charge in [0.05, 0.1) is 5.56 Å². The second-order valence-corrected chi connectivity index (χ2v) is 6.45. The number of aliphatic hydroxyl groups excluding tert-OH is 1. The lowest BCUT2D eigenvalue weighted by Crippen LogP contribution is -2.35. The number of fused-ring (bicyclic) bond motifs is 1. The maximum atomic E-state index is 14.6. The van der Waals surface area contributed by atoms with E-state index in [1.807, 2.05) is 4.90 Å². The first-order valence-corrected chi connectivity index (χ1v) is 8.39. The highest BCUT2D eigenvalue weighted by Crippen LogP contribution is 2.32. The smallest absolute Gasteiger partial charge is 0.225 e. The number of hydrogen-bond donors (Lipinski definition) is 2. The zero-order valence-corrected chi connectivity index (χ0v) is 13.7. The molecular weight excluding hydrogens is 323 g/mol. The van der Waals surface area contributed by atoms with Crippen molar-refractivity contribution in [1.82, 2.24) is 4.98 Å². The first-order valence-electron chi connectivity index (χ1n) is 8.39. The third-order valence-electron chi connectivity index (χ3n) is 4.80. The molecule has 0 amide bonds. The topological polar surface area (TPSA) is 69.7 Å². The molecule has 1 fully saturated rings. The third-order valence-corrected chi connectivity index (χ3v) is 4.80. The van der Waals surface area contributed by atoms with Crippen LogP contribution < -0.4 is 4.90 Å². The van der Waals surface area contributed by atoms with Crippen molar-refractivity contribution < 1.29 is 19.0 Å². The van der Waals surface area contributed by atoms with E-state index in [1.165, 1.54) is 6.07 Å². The molecule has 1 aliphatic rings. The highest BCUT2D eigenvalue weighted by atomic mass is 19.1. The maximum Gasteiger partial charge on any atom is 0.225 e. The van der Waals surface area contributed by atoms with Crippen molar-refractivity contribution in [2.45, 2.75) is 12.8 Å². The number of nitrogens with zero attached hydrogens (tertiary/aromatic N) is 2. The van der Waals surface area contributed by atoms with E-state index in [2.05, 4.69) is 4.98 Å². The summed E-state index contributed by atoms with van der Waals surface area (Å²) in [7, 11) is 0. The molecule has 1 aliphatic heterocycles. The molecule has 0 bridgehead atoms. The Labute approximate surface area is 144 Å². The molecule has 4 rings (SSSR count). The van der Waals surface area contributed by atoms with Gasteiger partial charge in [-0.15, -0.1) is 0 Å². The third kappa shape index (κ3) is 3.05. The highest BCUT2D eigenvalue weighted by Gasteiger charge is 2.21. The Morgan fingerprint density at radius 2 is 1.96 bits per heavy atom. The van der Waals surface area contributed by atoms with Gasteiger partial charge in [0, 0.05) is 25.1 Å². The summed E-state index contributed by atoms with van der Waals surface area (Å²) in [6.45, 7) is 1.73. The Hall–Kier alpha value is -2.60. The molecule has 6 heteroatoms. The van der Waals surface area contributed by atoms with Gasteiger partial charge in [0.2, 0.25) is 5.95 Å². The van der Waals surface area contributed by atoms with Gasteiger partial charge in [0.25, 0.3) is 0 Å². The second kappa shape index (κ2) is 6.37. The van der Waals surface area contributed by atoms with E-state index in [1.54, 1.807) is 30.3 Å². The fraction of sp³-hybridized carbons (Fsp3) is 0.316. The first-order chi connectivity index (χ1) is 12.1. The van der Waals surface area contributed by atoms with Crippen molar-refractivity contribution >= 4 is 16.8 Å². The number of benzene rings is 1. The lowest BCUT2D eigenvalue weighted by Gasteiger charge is -2.32. The van der Waals surface area contributed by atoms with Crippen LogP contribution in [0.3, 0.4) is 0 Å². The summed E-state index contributed by atoms with van der Waals surface area (Å²) in [5, 5.41) is 19.5. The average molecular weight is 342 g/mol. The number of piperidine rings is 1. The maximum absolute atomic E-state index is 14.6. The molecule has 0 saturated carbocycles. The van der Waals surface area contributed by atoms with Crippen molar-refractivity contribution in [1.29, 1.82) is 0 Å². The van der Waals surface area contributed by atoms with E-state index >= 15 is 0 Å². The molecule has 130 valence electrons. The minimum absolute atomic E-state index is 0.139. The standard InChI is InChI=1S/C19H19FN2O3/c20-19-15(17-10-13-9-14(24)1-3-16(13)25-17)2-4-18(21-19)22-7-5-12(11-23)6-8-22/h1-4,9-10,12,23-24H,5-8,11H2. The van der Waals surface area contributed by atoms with Gasteiger partial charge in [0.15, 0.2) is 0 Å². The average Bonchev–Trinajstić information content (AvgIpc) is 3.04. The van der Waals surface area contributed by atoms with Gasteiger partial charge in [-0.05, 0) is 55.2 Å². The minimum atomic E-state index is -0.579. The van der Waals surface area contributed by atoms with Crippen LogP contribution in [0.25, 0.3) is 22.3 Å². The van der Waals surface area contributed by atoms with E-state index in [0.717, 1.165) is 25.9 Å². The Bertz CT molecular complexity index is 901. The van der Waals surface area contributed by atoms with Crippen molar-refractivity contribution in [3.05, 3.63) is 42.3 Å². The van der Waals surface area contributed by atoms with Crippen molar-refractivity contribution in [3.63, 3.8) is 0 Å². The van der Waals surface area contributed by atoms with Crippen molar-refractivity contribution in [2.24, 2.45) is 5.92 Å². The van der Waals surface area contributed by atoms with E-state index < -0.39 is 5.95 Å². The van der Waals surface area contributed by atoms with E-state index in [4.69, 9.17) is 4.42 Å². The van der Waals surface area contributed by atoms with Crippen LogP contribution >= 0.6 is 0 Å². The minimum Gasteiger partial charge on any atom is -0.508 e. The van der Waals surface area contributed by atoms with Gasteiger partial charge in [-0.1, -0.05) is 0 Å². The number of aliphatic hydroxyl groups is 1. The summed E-state index contributed by atoms with van der Waals surface area (Å²) in [4.78, 5) is 6.14. The summed E-state index contributed by atoms with van der Waals surface area (Å²) in [5.41, 5.74) is 0.882. The number of anilines is 1. The van der Waals surface area contributed by atoms with Crippen LogP contribution in [0, 0.1) is 11.9 Å². The summed E-state index contributed by atoms with van der Waals surface area (Å²) < 4.78 is 20.2. The summed E-state index contributed by atoms with van der Waals surface area (Å²) in [6.07, 6.45) is 1.77. The molecule has 2 aromatic heterocycles. The Morgan fingerprint density at radius 1 is 1.16 bits per heavy atom. The van der Waals surface area contributed by atoms with Crippen LogP contribution in [0.2, 0.25) is 0 Å². The number of furan rings is 1. The Morgan fingerprint density at radius 3 is 2.68 bits per heavy atom. The Balaban J connectivity index is 1.61. The van der Waals surface area contributed by atoms with Gasteiger partial charge in [-0.2, -0.15) is 4.39 Å². The van der Waals surface area contributed by atoms with Crippen LogP contribution in [0.15, 0.2) is 40.8 Å². The normalized spacial score (nSPS) is 15.8. The largest absolute Gasteiger partial charge is 0.508 e. The van der Waals surface area contributed by atoms with Crippen LogP contribution in [0.1, 0.15) is 12.8 Å². The molecule has 3 heterocycles. The molecule has 0 radical (unpaired) electrons. The Kier molecular flexibility index (Phi) is 4.05. The molecule has 1 aromatic carbocycles. The van der Waals surface area contributed by atoms with Crippen molar-refractivity contribution in [3.8, 4) is 17.1 Å². The molecule has 0 aliphatic carbocycles. The van der Waals surface area contributed by atoms with Crippen LogP contribution in [-0.4, -0.2) is 34.9 Å². The zero-order chi connectivity index (χ0) is 17.4. The zero-order valence-electron chi connectivity index (χ0n) is 13.7. The molecule has 0 spiro atoms. The van der Waals surface area contributed by atoms with Crippen LogP contribution in [-0.2, 0) is 0 Å². The number of aromatic nitrogens is 1.